The number of carbonyl (C=O) groups excluding carboxylic acids is 2. The van der Waals surface area contributed by atoms with Gasteiger partial charge in [0.2, 0.25) is 5.91 Å². The predicted octanol–water partition coefficient (Wildman–Crippen LogP) is 1.40. The van der Waals surface area contributed by atoms with E-state index in [4.69, 9.17) is 10.5 Å². The van der Waals surface area contributed by atoms with Crippen LogP contribution in [0.15, 0.2) is 42.5 Å². The third-order valence-electron chi connectivity index (χ3n) is 4.19. The van der Waals surface area contributed by atoms with Crippen LogP contribution in [-0.2, 0) is 9.53 Å². The number of nitrogens with zero attached hydrogens (tertiary/aromatic N) is 1. The standard InChI is InChI=1S/C17H19N3O3/c1-23-12-9-15(16(18)21)20(10-12)17(22)14-8-7-13(19-14)11-5-3-2-4-6-11/h2-8,12,15,19H,9-10H2,1H3,(H2,18,21)/t12-,15-/m0/s1. The summed E-state index contributed by atoms with van der Waals surface area (Å²) in [5.41, 5.74) is 7.70. The monoisotopic (exact) mass is 313 g/mol. The molecular formula is C17H19N3O3. The molecule has 1 saturated heterocycles. The van der Waals surface area contributed by atoms with Gasteiger partial charge in [-0.3, -0.25) is 9.59 Å². The number of H-pyrrole nitrogens is 1. The number of primary amides is 1. The number of nitrogens with one attached hydrogen (secondary N) is 1. The maximum Gasteiger partial charge on any atom is 0.271 e. The van der Waals surface area contributed by atoms with Crippen LogP contribution >= 0.6 is 0 Å². The molecule has 120 valence electrons. The Kier molecular flexibility index (Phi) is 4.16. The van der Waals surface area contributed by atoms with Gasteiger partial charge in [0.1, 0.15) is 11.7 Å². The quantitative estimate of drug-likeness (QED) is 0.894. The van der Waals surface area contributed by atoms with E-state index in [0.717, 1.165) is 11.3 Å². The molecule has 1 aliphatic rings. The normalized spacial score (nSPS) is 20.7. The molecule has 0 aliphatic carbocycles. The van der Waals surface area contributed by atoms with Crippen LogP contribution in [0, 0.1) is 0 Å². The first kappa shape index (κ1) is 15.3. The number of methoxy groups -OCH3 is 1. The highest BCUT2D eigenvalue weighted by atomic mass is 16.5. The molecule has 2 amide bonds. The van der Waals surface area contributed by atoms with Gasteiger partial charge >= 0.3 is 0 Å². The Balaban J connectivity index is 1.83. The summed E-state index contributed by atoms with van der Waals surface area (Å²) in [6.07, 6.45) is 0.268. The minimum Gasteiger partial charge on any atom is -0.380 e. The Morgan fingerprint density at radius 2 is 1.96 bits per heavy atom. The van der Waals surface area contributed by atoms with Crippen molar-refractivity contribution in [2.24, 2.45) is 5.73 Å². The Hall–Kier alpha value is -2.60. The van der Waals surface area contributed by atoms with Crippen molar-refractivity contribution in [3.63, 3.8) is 0 Å². The highest BCUT2D eigenvalue weighted by molar-refractivity contribution is 5.97. The van der Waals surface area contributed by atoms with Crippen molar-refractivity contribution in [2.75, 3.05) is 13.7 Å². The minimum atomic E-state index is -0.629. The van der Waals surface area contributed by atoms with Gasteiger partial charge in [0, 0.05) is 25.8 Å². The molecule has 0 unspecified atom stereocenters. The number of amides is 2. The van der Waals surface area contributed by atoms with E-state index in [1.165, 1.54) is 4.90 Å². The summed E-state index contributed by atoms with van der Waals surface area (Å²) in [5.74, 6) is -0.747. The highest BCUT2D eigenvalue weighted by Gasteiger charge is 2.39. The Labute approximate surface area is 134 Å². The van der Waals surface area contributed by atoms with Crippen LogP contribution in [0.1, 0.15) is 16.9 Å². The Morgan fingerprint density at radius 1 is 1.22 bits per heavy atom. The van der Waals surface area contributed by atoms with Crippen molar-refractivity contribution >= 4 is 11.8 Å². The summed E-state index contributed by atoms with van der Waals surface area (Å²) in [5, 5.41) is 0. The molecule has 3 rings (SSSR count). The topological polar surface area (TPSA) is 88.4 Å². The van der Waals surface area contributed by atoms with E-state index in [1.54, 1.807) is 13.2 Å². The van der Waals surface area contributed by atoms with E-state index < -0.39 is 11.9 Å². The van der Waals surface area contributed by atoms with Gasteiger partial charge in [-0.15, -0.1) is 0 Å². The van der Waals surface area contributed by atoms with Gasteiger partial charge in [-0.05, 0) is 17.7 Å². The fraction of sp³-hybridized carbons (Fsp3) is 0.294. The third-order valence-corrected chi connectivity index (χ3v) is 4.19. The van der Waals surface area contributed by atoms with Crippen molar-refractivity contribution in [1.82, 2.24) is 9.88 Å². The Bertz CT molecular complexity index is 711. The molecule has 1 fully saturated rings. The van der Waals surface area contributed by atoms with Crippen molar-refractivity contribution < 1.29 is 14.3 Å². The van der Waals surface area contributed by atoms with E-state index in [2.05, 4.69) is 4.98 Å². The van der Waals surface area contributed by atoms with Crippen LogP contribution < -0.4 is 5.73 Å². The molecule has 23 heavy (non-hydrogen) atoms. The van der Waals surface area contributed by atoms with Crippen LogP contribution in [-0.4, -0.2) is 47.5 Å². The van der Waals surface area contributed by atoms with Crippen LogP contribution in [0.2, 0.25) is 0 Å². The van der Waals surface area contributed by atoms with Crippen molar-refractivity contribution in [1.29, 1.82) is 0 Å². The van der Waals surface area contributed by atoms with Crippen LogP contribution in [0.4, 0.5) is 0 Å². The largest absolute Gasteiger partial charge is 0.380 e. The lowest BCUT2D eigenvalue weighted by Crippen LogP contribution is -2.43. The maximum absolute atomic E-state index is 12.7. The molecule has 3 N–H and O–H groups in total. The van der Waals surface area contributed by atoms with Gasteiger partial charge in [0.05, 0.1) is 6.10 Å². The third kappa shape index (κ3) is 2.98. The van der Waals surface area contributed by atoms with Crippen LogP contribution in [0.3, 0.4) is 0 Å². The van der Waals surface area contributed by atoms with E-state index >= 15 is 0 Å². The number of rotatable bonds is 4. The number of aromatic amines is 1. The molecule has 2 heterocycles. The van der Waals surface area contributed by atoms with Crippen molar-refractivity contribution in [3.05, 3.63) is 48.2 Å². The molecular weight excluding hydrogens is 294 g/mol. The molecule has 2 atom stereocenters. The van der Waals surface area contributed by atoms with Crippen LogP contribution in [0.25, 0.3) is 11.3 Å². The lowest BCUT2D eigenvalue weighted by atomic mass is 10.2. The number of hydrogen-bond donors (Lipinski definition) is 2. The van der Waals surface area contributed by atoms with Gasteiger partial charge in [-0.25, -0.2) is 0 Å². The molecule has 1 aromatic carbocycles. The van der Waals surface area contributed by atoms with Crippen LogP contribution in [0.5, 0.6) is 0 Å². The summed E-state index contributed by atoms with van der Waals surface area (Å²) >= 11 is 0. The van der Waals surface area contributed by atoms with Crippen molar-refractivity contribution in [2.45, 2.75) is 18.6 Å². The second-order valence-corrected chi connectivity index (χ2v) is 5.62. The second kappa shape index (κ2) is 6.26. The second-order valence-electron chi connectivity index (χ2n) is 5.62. The van der Waals surface area contributed by atoms with Gasteiger partial charge in [-0.2, -0.15) is 0 Å². The van der Waals surface area contributed by atoms with E-state index in [0.29, 0.717) is 18.7 Å². The lowest BCUT2D eigenvalue weighted by Gasteiger charge is -2.21. The average Bonchev–Trinajstić information content (AvgIpc) is 3.22. The first-order chi connectivity index (χ1) is 11.1. The molecule has 6 heteroatoms. The minimum absolute atomic E-state index is 0.167. The number of nitrogens with two attached hydrogens (primary N) is 1. The summed E-state index contributed by atoms with van der Waals surface area (Å²) in [6, 6.07) is 12.7. The molecule has 0 spiro atoms. The number of aromatic nitrogens is 1. The lowest BCUT2D eigenvalue weighted by molar-refractivity contribution is -0.121. The van der Waals surface area contributed by atoms with Gasteiger partial charge < -0.3 is 20.4 Å². The smallest absolute Gasteiger partial charge is 0.271 e. The number of carbonyl (C=O) groups is 2. The molecule has 1 aliphatic heterocycles. The zero-order chi connectivity index (χ0) is 16.4. The summed E-state index contributed by atoms with van der Waals surface area (Å²) < 4.78 is 5.27. The molecule has 0 radical (unpaired) electrons. The fourth-order valence-electron chi connectivity index (χ4n) is 2.92. The predicted molar refractivity (Wildman–Crippen MR) is 85.7 cm³/mol. The van der Waals surface area contributed by atoms with E-state index in [9.17, 15) is 9.59 Å². The first-order valence-corrected chi connectivity index (χ1v) is 7.47. The number of hydrogen-bond acceptors (Lipinski definition) is 3. The SMILES string of the molecule is CO[C@H]1C[C@@H](C(N)=O)N(C(=O)c2ccc(-c3ccccc3)[nH]2)C1. The summed E-state index contributed by atoms with van der Waals surface area (Å²) in [4.78, 5) is 28.9. The molecule has 2 aromatic rings. The highest BCUT2D eigenvalue weighted by Crippen LogP contribution is 2.24. The Morgan fingerprint density at radius 3 is 2.61 bits per heavy atom. The molecule has 6 nitrogen and oxygen atoms in total. The maximum atomic E-state index is 12.7. The molecule has 0 saturated carbocycles. The zero-order valence-electron chi connectivity index (χ0n) is 12.9. The fourth-order valence-corrected chi connectivity index (χ4v) is 2.92. The van der Waals surface area contributed by atoms with Gasteiger partial charge in [0.25, 0.3) is 5.91 Å². The van der Waals surface area contributed by atoms with Gasteiger partial charge in [-0.1, -0.05) is 30.3 Å². The summed E-state index contributed by atoms with van der Waals surface area (Å²) in [6.45, 7) is 0.364. The number of benzene rings is 1. The number of likely N-dealkylation sites (tertiary alicyclic amines) is 1. The van der Waals surface area contributed by atoms with E-state index in [-0.39, 0.29) is 12.0 Å². The van der Waals surface area contributed by atoms with Gasteiger partial charge in [0.15, 0.2) is 0 Å². The summed E-state index contributed by atoms with van der Waals surface area (Å²) in [7, 11) is 1.57. The van der Waals surface area contributed by atoms with E-state index in [1.807, 2.05) is 36.4 Å². The zero-order valence-corrected chi connectivity index (χ0v) is 12.9. The molecule has 0 bridgehead atoms. The average molecular weight is 313 g/mol. The first-order valence-electron chi connectivity index (χ1n) is 7.47. The number of ether oxygens (including phenoxy) is 1. The van der Waals surface area contributed by atoms with Crippen molar-refractivity contribution in [3.8, 4) is 11.3 Å². The molecule has 1 aromatic heterocycles.